The van der Waals surface area contributed by atoms with Crippen LogP contribution in [-0.4, -0.2) is 11.8 Å². The smallest absolute Gasteiger partial charge is 0.282 e. The van der Waals surface area contributed by atoms with Gasteiger partial charge in [0.25, 0.3) is 11.8 Å². The molecule has 3 aromatic carbocycles. The van der Waals surface area contributed by atoms with Crippen LogP contribution in [0.15, 0.2) is 72.4 Å². The van der Waals surface area contributed by atoms with E-state index in [0.29, 0.717) is 22.0 Å². The van der Waals surface area contributed by atoms with Gasteiger partial charge < -0.3 is 5.32 Å². The van der Waals surface area contributed by atoms with E-state index in [1.807, 2.05) is 26.0 Å². The Balaban J connectivity index is 1.83. The number of hydrogen-bond donors (Lipinski definition) is 1. The molecule has 0 aliphatic carbocycles. The van der Waals surface area contributed by atoms with Gasteiger partial charge in [0.15, 0.2) is 0 Å². The topological polar surface area (TPSA) is 49.4 Å². The van der Waals surface area contributed by atoms with Crippen LogP contribution < -0.4 is 10.2 Å². The third-order valence-corrected chi connectivity index (χ3v) is 5.18. The van der Waals surface area contributed by atoms with Gasteiger partial charge >= 0.3 is 0 Å². The first-order valence-corrected chi connectivity index (χ1v) is 9.72. The average Bonchev–Trinajstić information content (AvgIpc) is 2.95. The van der Waals surface area contributed by atoms with Gasteiger partial charge in [-0.1, -0.05) is 41.4 Å². The Bertz CT molecular complexity index is 1180. The van der Waals surface area contributed by atoms with Gasteiger partial charge in [-0.2, -0.15) is 0 Å². The highest BCUT2D eigenvalue weighted by Gasteiger charge is 2.40. The maximum absolute atomic E-state index is 13.4. The van der Waals surface area contributed by atoms with Crippen molar-refractivity contribution in [2.75, 3.05) is 10.2 Å². The van der Waals surface area contributed by atoms with Crippen molar-refractivity contribution in [3.05, 3.63) is 100.0 Å². The monoisotopic (exact) mass is 420 g/mol. The van der Waals surface area contributed by atoms with Crippen molar-refractivity contribution in [2.24, 2.45) is 0 Å². The molecule has 0 saturated heterocycles. The Labute approximate surface area is 178 Å². The lowest BCUT2D eigenvalue weighted by Crippen LogP contribution is -2.33. The van der Waals surface area contributed by atoms with Crippen molar-refractivity contribution in [3.8, 4) is 0 Å². The van der Waals surface area contributed by atoms with Crippen LogP contribution in [0.1, 0.15) is 16.7 Å². The summed E-state index contributed by atoms with van der Waals surface area (Å²) in [6, 6.07) is 17.9. The maximum Gasteiger partial charge on any atom is 0.282 e. The molecular weight excluding hydrogens is 403 g/mol. The number of hydrogen-bond acceptors (Lipinski definition) is 3. The lowest BCUT2D eigenvalue weighted by molar-refractivity contribution is -0.120. The molecule has 150 valence electrons. The fourth-order valence-corrected chi connectivity index (χ4v) is 3.61. The highest BCUT2D eigenvalue weighted by atomic mass is 35.5. The summed E-state index contributed by atoms with van der Waals surface area (Å²) in [5.74, 6) is -1.29. The number of benzene rings is 3. The van der Waals surface area contributed by atoms with Gasteiger partial charge in [0.05, 0.1) is 11.3 Å². The molecule has 2 amide bonds. The van der Waals surface area contributed by atoms with E-state index < -0.39 is 17.6 Å². The maximum atomic E-state index is 13.4. The van der Waals surface area contributed by atoms with Gasteiger partial charge in [0, 0.05) is 10.7 Å². The van der Waals surface area contributed by atoms with E-state index in [0.717, 1.165) is 11.1 Å². The number of aryl methyl sites for hydroxylation is 2. The molecule has 0 radical (unpaired) electrons. The third-order valence-electron chi connectivity index (χ3n) is 4.92. The van der Waals surface area contributed by atoms with Crippen LogP contribution in [-0.2, 0) is 9.59 Å². The van der Waals surface area contributed by atoms with E-state index in [1.54, 1.807) is 30.3 Å². The van der Waals surface area contributed by atoms with Crippen LogP contribution in [0.25, 0.3) is 5.57 Å². The summed E-state index contributed by atoms with van der Waals surface area (Å²) in [7, 11) is 0. The van der Waals surface area contributed by atoms with Gasteiger partial charge in [-0.15, -0.1) is 0 Å². The Morgan fingerprint density at radius 2 is 1.53 bits per heavy atom. The number of nitrogens with one attached hydrogen (secondary N) is 1. The summed E-state index contributed by atoms with van der Waals surface area (Å²) < 4.78 is 13.3. The SMILES string of the molecule is Cc1ccc(N2C(=O)C(Nc3ccc(F)cc3)=C(c3ccc(Cl)cc3)C2=O)c(C)c1. The van der Waals surface area contributed by atoms with E-state index in [2.05, 4.69) is 5.32 Å². The third kappa shape index (κ3) is 3.60. The minimum absolute atomic E-state index is 0.133. The molecule has 1 heterocycles. The Morgan fingerprint density at radius 3 is 2.17 bits per heavy atom. The van der Waals surface area contributed by atoms with Crippen LogP contribution >= 0.6 is 11.6 Å². The molecular formula is C24H18ClFN2O2. The first kappa shape index (κ1) is 19.9. The van der Waals surface area contributed by atoms with Gasteiger partial charge in [-0.05, 0) is 67.4 Å². The van der Waals surface area contributed by atoms with Gasteiger partial charge in [0.2, 0.25) is 0 Å². The summed E-state index contributed by atoms with van der Waals surface area (Å²) in [5, 5.41) is 3.53. The van der Waals surface area contributed by atoms with E-state index in [9.17, 15) is 14.0 Å². The van der Waals surface area contributed by atoms with Crippen LogP contribution in [0.2, 0.25) is 5.02 Å². The quantitative estimate of drug-likeness (QED) is 0.567. The number of carbonyl (C=O) groups is 2. The minimum atomic E-state index is -0.471. The average molecular weight is 421 g/mol. The van der Waals surface area contributed by atoms with Crippen molar-refractivity contribution >= 4 is 40.4 Å². The molecule has 0 bridgehead atoms. The second-order valence-electron chi connectivity index (χ2n) is 7.12. The fourth-order valence-electron chi connectivity index (χ4n) is 3.48. The summed E-state index contributed by atoms with van der Waals surface area (Å²) in [4.78, 5) is 27.9. The number of carbonyl (C=O) groups excluding carboxylic acids is 2. The number of halogens is 2. The molecule has 1 aliphatic rings. The molecule has 0 aromatic heterocycles. The zero-order valence-corrected chi connectivity index (χ0v) is 17.1. The van der Waals surface area contributed by atoms with Gasteiger partial charge in [-0.3, -0.25) is 9.59 Å². The van der Waals surface area contributed by atoms with E-state index in [4.69, 9.17) is 11.6 Å². The number of rotatable bonds is 4. The number of anilines is 2. The summed E-state index contributed by atoms with van der Waals surface area (Å²) in [6.07, 6.45) is 0. The van der Waals surface area contributed by atoms with Crippen molar-refractivity contribution < 1.29 is 14.0 Å². The molecule has 0 unspecified atom stereocenters. The Kier molecular flexibility index (Phi) is 5.14. The van der Waals surface area contributed by atoms with Crippen molar-refractivity contribution in [1.82, 2.24) is 0 Å². The number of nitrogens with zero attached hydrogens (tertiary/aromatic N) is 1. The summed E-state index contributed by atoms with van der Waals surface area (Å²) in [5.41, 5.74) is 3.81. The molecule has 1 aliphatic heterocycles. The van der Waals surface area contributed by atoms with Gasteiger partial charge in [-0.25, -0.2) is 9.29 Å². The zero-order chi connectivity index (χ0) is 21.4. The minimum Gasteiger partial charge on any atom is -0.350 e. The molecule has 4 rings (SSSR count). The zero-order valence-electron chi connectivity index (χ0n) is 16.4. The number of amides is 2. The van der Waals surface area contributed by atoms with Crippen molar-refractivity contribution in [1.29, 1.82) is 0 Å². The molecule has 0 atom stereocenters. The van der Waals surface area contributed by atoms with Crippen LogP contribution in [0, 0.1) is 19.7 Å². The second kappa shape index (κ2) is 7.76. The molecule has 1 N–H and O–H groups in total. The predicted molar refractivity (Wildman–Crippen MR) is 117 cm³/mol. The molecule has 0 fully saturated rings. The summed E-state index contributed by atoms with van der Waals surface area (Å²) in [6.45, 7) is 3.81. The van der Waals surface area contributed by atoms with Crippen LogP contribution in [0.5, 0.6) is 0 Å². The molecule has 4 nitrogen and oxygen atoms in total. The lowest BCUT2D eigenvalue weighted by Gasteiger charge is -2.18. The van der Waals surface area contributed by atoms with E-state index >= 15 is 0 Å². The fraction of sp³-hybridized carbons (Fsp3) is 0.0833. The van der Waals surface area contributed by atoms with Crippen molar-refractivity contribution in [2.45, 2.75) is 13.8 Å². The number of imide groups is 1. The molecule has 0 saturated carbocycles. The first-order valence-electron chi connectivity index (χ1n) is 9.34. The Morgan fingerprint density at radius 1 is 0.867 bits per heavy atom. The molecule has 6 heteroatoms. The predicted octanol–water partition coefficient (Wildman–Crippen LogP) is 5.49. The highest BCUT2D eigenvalue weighted by Crippen LogP contribution is 2.35. The first-order chi connectivity index (χ1) is 14.3. The largest absolute Gasteiger partial charge is 0.350 e. The Hall–Kier alpha value is -3.44. The lowest BCUT2D eigenvalue weighted by atomic mass is 10.0. The molecule has 30 heavy (non-hydrogen) atoms. The highest BCUT2D eigenvalue weighted by molar-refractivity contribution is 6.46. The van der Waals surface area contributed by atoms with E-state index in [-0.39, 0.29) is 11.3 Å². The normalized spacial score (nSPS) is 13.9. The molecule has 3 aromatic rings. The van der Waals surface area contributed by atoms with Crippen LogP contribution in [0.3, 0.4) is 0 Å². The second-order valence-corrected chi connectivity index (χ2v) is 7.56. The molecule has 0 spiro atoms. The van der Waals surface area contributed by atoms with Crippen LogP contribution in [0.4, 0.5) is 15.8 Å². The van der Waals surface area contributed by atoms with Gasteiger partial charge in [0.1, 0.15) is 11.5 Å². The standard InChI is InChI=1S/C24H18ClFN2O2/c1-14-3-12-20(15(2)13-14)28-23(29)21(16-4-6-17(25)7-5-16)22(24(28)30)27-19-10-8-18(26)9-11-19/h3-13,27H,1-2H3. The van der Waals surface area contributed by atoms with E-state index in [1.165, 1.54) is 29.2 Å². The summed E-state index contributed by atoms with van der Waals surface area (Å²) >= 11 is 6.00. The van der Waals surface area contributed by atoms with Crippen molar-refractivity contribution in [3.63, 3.8) is 0 Å².